The van der Waals surface area contributed by atoms with E-state index in [1.807, 2.05) is 0 Å². The maximum atomic E-state index is 13.0. The molecule has 0 fully saturated rings. The summed E-state index contributed by atoms with van der Waals surface area (Å²) in [5.74, 6) is 1.04. The van der Waals surface area contributed by atoms with Gasteiger partial charge in [-0.3, -0.25) is 14.5 Å². The second kappa shape index (κ2) is 55.4. The first-order chi connectivity index (χ1) is 35.3. The maximum Gasteiger partial charge on any atom is 0.508 e. The molecule has 9 nitrogen and oxygen atoms in total. The van der Waals surface area contributed by atoms with Crippen molar-refractivity contribution in [3.05, 3.63) is 0 Å². The molecule has 0 saturated heterocycles. The highest BCUT2D eigenvalue weighted by molar-refractivity contribution is 5.69. The van der Waals surface area contributed by atoms with Crippen molar-refractivity contribution in [2.75, 3.05) is 59.1 Å². The van der Waals surface area contributed by atoms with E-state index in [1.54, 1.807) is 0 Å². The minimum Gasteiger partial charge on any atom is -0.466 e. The molecule has 0 aromatic rings. The van der Waals surface area contributed by atoms with E-state index in [2.05, 4.69) is 58.3 Å². The number of carbonyl (C=O) groups is 3. The molecule has 0 saturated carbocycles. The Hall–Kier alpha value is -1.87. The van der Waals surface area contributed by atoms with Gasteiger partial charge in [0.1, 0.15) is 12.7 Å². The van der Waals surface area contributed by atoms with Crippen LogP contribution in [0, 0.1) is 11.8 Å². The van der Waals surface area contributed by atoms with Crippen molar-refractivity contribution in [3.8, 4) is 0 Å². The fourth-order valence-corrected chi connectivity index (χ4v) is 10.3. The molecule has 0 rings (SSSR count). The summed E-state index contributed by atoms with van der Waals surface area (Å²) in [5.41, 5.74) is 0. The number of hydrogen-bond acceptors (Lipinski definition) is 9. The average molecular weight is 1020 g/mol. The molecule has 0 heterocycles. The summed E-state index contributed by atoms with van der Waals surface area (Å²) < 4.78 is 23.1. The smallest absolute Gasteiger partial charge is 0.466 e. The van der Waals surface area contributed by atoms with Crippen molar-refractivity contribution in [1.29, 1.82) is 0 Å². The quantitative estimate of drug-likeness (QED) is 0.0335. The molecular formula is C63H124N2O7. The molecule has 1 atom stereocenters. The monoisotopic (exact) mass is 1020 g/mol. The van der Waals surface area contributed by atoms with Gasteiger partial charge in [0.2, 0.25) is 0 Å². The van der Waals surface area contributed by atoms with E-state index in [-0.39, 0.29) is 18.0 Å². The molecule has 0 aromatic heterocycles. The zero-order chi connectivity index (χ0) is 52.8. The Bertz CT molecular complexity index is 1120. The van der Waals surface area contributed by atoms with E-state index in [9.17, 15) is 14.4 Å². The number of nitrogens with zero attached hydrogens (tertiary/aromatic N) is 2. The van der Waals surface area contributed by atoms with Crippen LogP contribution in [0.25, 0.3) is 0 Å². The molecule has 1 unspecified atom stereocenters. The average Bonchev–Trinajstić information content (AvgIpc) is 3.38. The Labute approximate surface area is 448 Å². The van der Waals surface area contributed by atoms with Crippen molar-refractivity contribution in [2.45, 2.75) is 318 Å². The van der Waals surface area contributed by atoms with Gasteiger partial charge in [0.05, 0.1) is 13.2 Å². The lowest BCUT2D eigenvalue weighted by Gasteiger charge is -2.25. The van der Waals surface area contributed by atoms with Gasteiger partial charge in [-0.1, -0.05) is 241 Å². The van der Waals surface area contributed by atoms with E-state index < -0.39 is 6.16 Å². The van der Waals surface area contributed by atoms with E-state index in [0.29, 0.717) is 51.0 Å². The molecule has 0 radical (unpaired) electrons. The van der Waals surface area contributed by atoms with Crippen molar-refractivity contribution < 1.29 is 33.3 Å². The first kappa shape index (κ1) is 70.1. The zero-order valence-corrected chi connectivity index (χ0v) is 49.3. The molecule has 0 N–H and O–H groups in total. The van der Waals surface area contributed by atoms with Crippen molar-refractivity contribution in [3.63, 3.8) is 0 Å². The fraction of sp³-hybridized carbons (Fsp3) is 0.952. The highest BCUT2D eigenvalue weighted by Gasteiger charge is 2.18. The molecule has 0 aliphatic carbocycles. The Morgan fingerprint density at radius 3 is 1.12 bits per heavy atom. The van der Waals surface area contributed by atoms with E-state index in [4.69, 9.17) is 18.9 Å². The van der Waals surface area contributed by atoms with Gasteiger partial charge in [0.15, 0.2) is 0 Å². The summed E-state index contributed by atoms with van der Waals surface area (Å²) in [4.78, 5) is 43.5. The molecule has 9 heteroatoms. The zero-order valence-electron chi connectivity index (χ0n) is 49.3. The third kappa shape index (κ3) is 47.8. The van der Waals surface area contributed by atoms with Gasteiger partial charge >= 0.3 is 18.1 Å². The molecule has 0 spiro atoms. The van der Waals surface area contributed by atoms with Crippen molar-refractivity contribution >= 4 is 18.1 Å². The Kier molecular flexibility index (Phi) is 53.9. The molecular weight excluding hydrogens is 897 g/mol. The van der Waals surface area contributed by atoms with Gasteiger partial charge in [0.25, 0.3) is 0 Å². The summed E-state index contributed by atoms with van der Waals surface area (Å²) in [5, 5.41) is 0. The summed E-state index contributed by atoms with van der Waals surface area (Å²) in [6.07, 6.45) is 46.7. The van der Waals surface area contributed by atoms with Crippen LogP contribution in [0.1, 0.15) is 312 Å². The second-order valence-corrected chi connectivity index (χ2v) is 21.8. The van der Waals surface area contributed by atoms with Crippen LogP contribution >= 0.6 is 0 Å². The van der Waals surface area contributed by atoms with Crippen LogP contribution in [0.5, 0.6) is 0 Å². The van der Waals surface area contributed by atoms with Crippen LogP contribution in [-0.4, -0.2) is 93.1 Å². The van der Waals surface area contributed by atoms with Gasteiger partial charge in [0, 0.05) is 32.5 Å². The molecule has 0 bridgehead atoms. The molecule has 0 aliphatic heterocycles. The minimum absolute atomic E-state index is 0.0191. The van der Waals surface area contributed by atoms with Crippen LogP contribution in [0.15, 0.2) is 0 Å². The number of unbranched alkanes of at least 4 members (excludes halogenated alkanes) is 26. The Morgan fingerprint density at radius 1 is 0.333 bits per heavy atom. The SMILES string of the molecule is CCCCCCCCC(CCCCCCCC)CCC(=O)OCCCCCCC(CCCCCCOC(=O)CC(CCCCCCCC)CCCCCCCC)OC(=O)OCCN(CC)CCN(CC)CC. The lowest BCUT2D eigenvalue weighted by molar-refractivity contribution is -0.145. The van der Waals surface area contributed by atoms with Gasteiger partial charge in [-0.05, 0) is 89.3 Å². The number of carbonyl (C=O) groups excluding carboxylic acids is 3. The Morgan fingerprint density at radius 2 is 0.694 bits per heavy atom. The van der Waals surface area contributed by atoms with Crippen LogP contribution in [0.2, 0.25) is 0 Å². The highest BCUT2D eigenvalue weighted by atomic mass is 16.7. The number of esters is 2. The number of hydrogen-bond donors (Lipinski definition) is 0. The van der Waals surface area contributed by atoms with Gasteiger partial charge in [-0.15, -0.1) is 0 Å². The molecule has 0 amide bonds. The van der Waals surface area contributed by atoms with E-state index in [0.717, 1.165) is 116 Å². The van der Waals surface area contributed by atoms with Crippen LogP contribution in [-0.2, 0) is 28.5 Å². The lowest BCUT2D eigenvalue weighted by atomic mass is 9.90. The minimum atomic E-state index is -0.564. The summed E-state index contributed by atoms with van der Waals surface area (Å²) in [6.45, 7) is 22.6. The third-order valence-electron chi connectivity index (χ3n) is 15.4. The van der Waals surface area contributed by atoms with Crippen molar-refractivity contribution in [1.82, 2.24) is 9.80 Å². The highest BCUT2D eigenvalue weighted by Crippen LogP contribution is 2.25. The molecule has 428 valence electrons. The van der Waals surface area contributed by atoms with Crippen LogP contribution < -0.4 is 0 Å². The van der Waals surface area contributed by atoms with E-state index >= 15 is 0 Å². The number of likely N-dealkylation sites (N-methyl/N-ethyl adjacent to an activating group) is 2. The Balaban J connectivity index is 4.93. The predicted octanol–water partition coefficient (Wildman–Crippen LogP) is 18.6. The normalized spacial score (nSPS) is 12.2. The third-order valence-corrected chi connectivity index (χ3v) is 15.4. The molecule has 0 aromatic carbocycles. The van der Waals surface area contributed by atoms with Crippen LogP contribution in [0.4, 0.5) is 4.79 Å². The summed E-state index contributed by atoms with van der Waals surface area (Å²) in [6, 6.07) is 0. The number of rotatable bonds is 57. The van der Waals surface area contributed by atoms with Crippen LogP contribution in [0.3, 0.4) is 0 Å². The predicted molar refractivity (Wildman–Crippen MR) is 307 cm³/mol. The largest absolute Gasteiger partial charge is 0.508 e. The van der Waals surface area contributed by atoms with Crippen molar-refractivity contribution in [2.24, 2.45) is 11.8 Å². The lowest BCUT2D eigenvalue weighted by Crippen LogP contribution is -2.37. The van der Waals surface area contributed by atoms with Gasteiger partial charge < -0.3 is 23.8 Å². The molecule has 0 aliphatic rings. The first-order valence-electron chi connectivity index (χ1n) is 31.9. The molecule has 72 heavy (non-hydrogen) atoms. The first-order valence-corrected chi connectivity index (χ1v) is 31.9. The summed E-state index contributed by atoms with van der Waals surface area (Å²) in [7, 11) is 0. The summed E-state index contributed by atoms with van der Waals surface area (Å²) >= 11 is 0. The standard InChI is InChI=1S/C63H124N2O7/c1-8-15-19-23-27-35-43-58(44-36-28-24-20-16-9-2)49-50-61(66)69-54-41-33-31-39-47-60(72-63(68)71-56-53-65(14-7)52-51-64(12-5)13-6)48-40-32-34-42-55-70-62(67)57-59(45-37-29-25-21-17-10-3)46-38-30-26-22-18-11-4/h58-60H,8-57H2,1-7H3. The topological polar surface area (TPSA) is 94.6 Å². The van der Waals surface area contributed by atoms with Gasteiger partial charge in [-0.2, -0.15) is 0 Å². The second-order valence-electron chi connectivity index (χ2n) is 21.8. The number of ether oxygens (including phenoxy) is 4. The maximum absolute atomic E-state index is 13.0. The van der Waals surface area contributed by atoms with E-state index in [1.165, 1.54) is 167 Å². The van der Waals surface area contributed by atoms with Gasteiger partial charge in [-0.25, -0.2) is 4.79 Å². The fourth-order valence-electron chi connectivity index (χ4n) is 10.3.